The predicted molar refractivity (Wildman–Crippen MR) is 120 cm³/mol. The van der Waals surface area contributed by atoms with Crippen LogP contribution in [0, 0.1) is 17.8 Å². The molecule has 0 aliphatic carbocycles. The molecule has 0 radical (unpaired) electrons. The fourth-order valence-electron chi connectivity index (χ4n) is 3.34. The molecule has 0 bridgehead atoms. The maximum Gasteiger partial charge on any atom is 0.243 e. The number of hydrogen-bond donors (Lipinski definition) is 5. The standard InChI is InChI=1S/C22H39N5O5/c1-8-12(5)17-20(30)23-10-15(28)24-14(7)19(29)26-18(13(6)9-2)22(32)25-16(11(3)4)21(31)27-17/h11-14,16-18H,8-10H2,1-7H3,(H,23,30)(H,24,28)(H,25,32)(H,26,29)(H,27,31)/t12-,13-,14-,16-,17-,18-/m0/s1. The summed E-state index contributed by atoms with van der Waals surface area (Å²) >= 11 is 0. The smallest absolute Gasteiger partial charge is 0.243 e. The molecule has 1 fully saturated rings. The van der Waals surface area contributed by atoms with Crippen LogP contribution in [0.4, 0.5) is 0 Å². The van der Waals surface area contributed by atoms with E-state index in [1.165, 1.54) is 6.92 Å². The largest absolute Gasteiger partial charge is 0.345 e. The van der Waals surface area contributed by atoms with Gasteiger partial charge in [-0.3, -0.25) is 24.0 Å². The van der Waals surface area contributed by atoms with E-state index in [1.807, 2.05) is 27.7 Å². The monoisotopic (exact) mass is 453 g/mol. The van der Waals surface area contributed by atoms with E-state index in [0.29, 0.717) is 12.8 Å². The second-order valence-electron chi connectivity index (χ2n) is 8.98. The average molecular weight is 454 g/mol. The molecule has 1 rings (SSSR count). The molecule has 0 aromatic heterocycles. The van der Waals surface area contributed by atoms with Crippen molar-refractivity contribution in [1.82, 2.24) is 26.6 Å². The van der Waals surface area contributed by atoms with Crippen LogP contribution in [0.5, 0.6) is 0 Å². The maximum absolute atomic E-state index is 13.1. The number of carbonyl (C=O) groups is 5. The van der Waals surface area contributed by atoms with Crippen molar-refractivity contribution in [3.05, 3.63) is 0 Å². The van der Waals surface area contributed by atoms with E-state index >= 15 is 0 Å². The van der Waals surface area contributed by atoms with Crippen LogP contribution in [-0.2, 0) is 24.0 Å². The summed E-state index contributed by atoms with van der Waals surface area (Å²) in [6.07, 6.45) is 1.24. The summed E-state index contributed by atoms with van der Waals surface area (Å²) in [7, 11) is 0. The van der Waals surface area contributed by atoms with Gasteiger partial charge in [-0.2, -0.15) is 0 Å². The Hall–Kier alpha value is -2.65. The Morgan fingerprint density at radius 2 is 1.12 bits per heavy atom. The second kappa shape index (κ2) is 12.4. The first-order valence-electron chi connectivity index (χ1n) is 11.4. The van der Waals surface area contributed by atoms with Crippen molar-refractivity contribution in [2.75, 3.05) is 6.54 Å². The first-order valence-corrected chi connectivity index (χ1v) is 11.4. The zero-order valence-electron chi connectivity index (χ0n) is 20.2. The first-order chi connectivity index (χ1) is 14.9. The van der Waals surface area contributed by atoms with E-state index < -0.39 is 53.7 Å². The van der Waals surface area contributed by atoms with Crippen LogP contribution in [0.1, 0.15) is 61.3 Å². The minimum atomic E-state index is -0.907. The van der Waals surface area contributed by atoms with Gasteiger partial charge in [0.25, 0.3) is 0 Å². The molecular weight excluding hydrogens is 414 g/mol. The minimum absolute atomic E-state index is 0.198. The lowest BCUT2D eigenvalue weighted by molar-refractivity contribution is -0.135. The van der Waals surface area contributed by atoms with Crippen molar-refractivity contribution in [3.63, 3.8) is 0 Å². The Bertz CT molecular complexity index is 711. The van der Waals surface area contributed by atoms with Gasteiger partial charge in [0.05, 0.1) is 6.54 Å². The lowest BCUT2D eigenvalue weighted by Gasteiger charge is -2.30. The lowest BCUT2D eigenvalue weighted by atomic mass is 9.95. The average Bonchev–Trinajstić information content (AvgIpc) is 2.75. The van der Waals surface area contributed by atoms with E-state index in [2.05, 4.69) is 26.6 Å². The van der Waals surface area contributed by atoms with Crippen molar-refractivity contribution in [3.8, 4) is 0 Å². The highest BCUT2D eigenvalue weighted by atomic mass is 16.2. The van der Waals surface area contributed by atoms with Gasteiger partial charge >= 0.3 is 0 Å². The normalized spacial score (nSPS) is 28.3. The molecule has 1 aliphatic rings. The molecule has 10 heteroatoms. The van der Waals surface area contributed by atoms with Gasteiger partial charge in [0.2, 0.25) is 29.5 Å². The molecule has 0 saturated carbocycles. The zero-order valence-corrected chi connectivity index (χ0v) is 20.2. The van der Waals surface area contributed by atoms with Crippen molar-refractivity contribution in [2.24, 2.45) is 17.8 Å². The number of rotatable bonds is 5. The molecule has 1 saturated heterocycles. The molecule has 1 aliphatic heterocycles. The van der Waals surface area contributed by atoms with E-state index in [0.717, 1.165) is 0 Å². The molecule has 0 aromatic rings. The zero-order chi connectivity index (χ0) is 24.6. The molecule has 5 amide bonds. The molecule has 6 atom stereocenters. The summed E-state index contributed by atoms with van der Waals surface area (Å²) in [5.74, 6) is -3.21. The number of carbonyl (C=O) groups excluding carboxylic acids is 5. The van der Waals surface area contributed by atoms with Gasteiger partial charge < -0.3 is 26.6 Å². The summed E-state index contributed by atoms with van der Waals surface area (Å²) in [5, 5.41) is 13.2. The molecule has 0 aromatic carbocycles. The first kappa shape index (κ1) is 27.4. The Balaban J connectivity index is 3.34. The van der Waals surface area contributed by atoms with Crippen molar-refractivity contribution < 1.29 is 24.0 Å². The molecule has 10 nitrogen and oxygen atoms in total. The number of nitrogens with one attached hydrogen (secondary N) is 5. The fraction of sp³-hybridized carbons (Fsp3) is 0.773. The van der Waals surface area contributed by atoms with Crippen LogP contribution in [-0.4, -0.2) is 60.2 Å². The third kappa shape index (κ3) is 7.49. The van der Waals surface area contributed by atoms with Crippen molar-refractivity contribution in [2.45, 2.75) is 85.5 Å². The molecule has 5 N–H and O–H groups in total. The highest BCUT2D eigenvalue weighted by molar-refractivity contribution is 5.97. The molecular formula is C22H39N5O5. The number of hydrogen-bond acceptors (Lipinski definition) is 5. The van der Waals surface area contributed by atoms with Gasteiger partial charge in [-0.1, -0.05) is 54.4 Å². The van der Waals surface area contributed by atoms with E-state index in [4.69, 9.17) is 0 Å². The second-order valence-corrected chi connectivity index (χ2v) is 8.98. The minimum Gasteiger partial charge on any atom is -0.345 e. The van der Waals surface area contributed by atoms with Gasteiger partial charge in [0.1, 0.15) is 24.2 Å². The van der Waals surface area contributed by atoms with Gasteiger partial charge in [0, 0.05) is 0 Å². The summed E-state index contributed by atoms with van der Waals surface area (Å²) < 4.78 is 0. The summed E-state index contributed by atoms with van der Waals surface area (Å²) in [5.41, 5.74) is 0. The van der Waals surface area contributed by atoms with Crippen LogP contribution in [0.25, 0.3) is 0 Å². The summed E-state index contributed by atoms with van der Waals surface area (Å²) in [6, 6.07) is -3.55. The lowest BCUT2D eigenvalue weighted by Crippen LogP contribution is -2.60. The van der Waals surface area contributed by atoms with Gasteiger partial charge in [-0.05, 0) is 24.7 Å². The van der Waals surface area contributed by atoms with E-state index in [9.17, 15) is 24.0 Å². The van der Waals surface area contributed by atoms with Crippen molar-refractivity contribution >= 4 is 29.5 Å². The van der Waals surface area contributed by atoms with Gasteiger partial charge in [0.15, 0.2) is 0 Å². The van der Waals surface area contributed by atoms with E-state index in [-0.39, 0.29) is 24.3 Å². The van der Waals surface area contributed by atoms with Crippen molar-refractivity contribution in [1.29, 1.82) is 0 Å². The topological polar surface area (TPSA) is 146 Å². The Morgan fingerprint density at radius 3 is 1.62 bits per heavy atom. The molecule has 182 valence electrons. The van der Waals surface area contributed by atoms with E-state index in [1.54, 1.807) is 13.8 Å². The molecule has 1 heterocycles. The SMILES string of the molecule is CC[C@H](C)[C@@H]1NC(=O)[C@H](C)NC(=O)CNC(=O)[C@H]([C@@H](C)CC)NC(=O)[C@H](C(C)C)NC1=O. The fourth-order valence-corrected chi connectivity index (χ4v) is 3.34. The molecule has 0 spiro atoms. The quantitative estimate of drug-likeness (QED) is 0.392. The third-order valence-electron chi connectivity index (χ3n) is 6.03. The molecule has 32 heavy (non-hydrogen) atoms. The van der Waals surface area contributed by atoms with Gasteiger partial charge in [-0.15, -0.1) is 0 Å². The summed E-state index contributed by atoms with van der Waals surface area (Å²) in [4.78, 5) is 63.8. The predicted octanol–water partition coefficient (Wildman–Crippen LogP) is -0.176. The van der Waals surface area contributed by atoms with Crippen LogP contribution in [0.15, 0.2) is 0 Å². The Kier molecular flexibility index (Phi) is 10.6. The molecule has 0 unspecified atom stereocenters. The third-order valence-corrected chi connectivity index (χ3v) is 6.03. The highest BCUT2D eigenvalue weighted by Gasteiger charge is 2.35. The Labute approximate surface area is 190 Å². The highest BCUT2D eigenvalue weighted by Crippen LogP contribution is 2.13. The Morgan fingerprint density at radius 1 is 0.688 bits per heavy atom. The van der Waals surface area contributed by atoms with Gasteiger partial charge in [-0.25, -0.2) is 0 Å². The maximum atomic E-state index is 13.1. The summed E-state index contributed by atoms with van der Waals surface area (Å²) in [6.45, 7) is 12.2. The van der Waals surface area contributed by atoms with Crippen LogP contribution < -0.4 is 26.6 Å². The van der Waals surface area contributed by atoms with Crippen LogP contribution in [0.3, 0.4) is 0 Å². The number of amides is 5. The van der Waals surface area contributed by atoms with Crippen LogP contribution in [0.2, 0.25) is 0 Å². The van der Waals surface area contributed by atoms with Crippen LogP contribution >= 0.6 is 0 Å².